The third-order valence-corrected chi connectivity index (χ3v) is 4.88. The smallest absolute Gasteiger partial charge is 0.0561 e. The van der Waals surface area contributed by atoms with Gasteiger partial charge in [-0.3, -0.25) is 0 Å². The van der Waals surface area contributed by atoms with E-state index in [1.165, 1.54) is 28.4 Å². The molecule has 1 N–H and O–H groups in total. The molecule has 0 aromatic heterocycles. The van der Waals surface area contributed by atoms with Crippen LogP contribution in [0.3, 0.4) is 0 Å². The lowest BCUT2D eigenvalue weighted by atomic mass is 10.0. The molecule has 0 bridgehead atoms. The second kappa shape index (κ2) is 5.32. The highest BCUT2D eigenvalue weighted by Crippen LogP contribution is 2.36. The Labute approximate surface area is 117 Å². The van der Waals surface area contributed by atoms with Crippen molar-refractivity contribution in [2.24, 2.45) is 0 Å². The molecule has 2 nitrogen and oxygen atoms in total. The number of hydrogen-bond acceptors (Lipinski definition) is 2. The van der Waals surface area contributed by atoms with Gasteiger partial charge in [0.25, 0.3) is 0 Å². The van der Waals surface area contributed by atoms with Gasteiger partial charge in [0.05, 0.1) is 6.10 Å². The Kier molecular flexibility index (Phi) is 3.73. The summed E-state index contributed by atoms with van der Waals surface area (Å²) < 4.78 is 6.88. The van der Waals surface area contributed by atoms with Gasteiger partial charge in [-0.15, -0.1) is 0 Å². The summed E-state index contributed by atoms with van der Waals surface area (Å²) in [6.07, 6.45) is 5.10. The SMILES string of the molecule is CC1CC(NC2CCc3c(Br)cccc32)CCO1. The summed E-state index contributed by atoms with van der Waals surface area (Å²) in [5, 5.41) is 3.83. The van der Waals surface area contributed by atoms with Gasteiger partial charge < -0.3 is 10.1 Å². The largest absolute Gasteiger partial charge is 0.378 e. The molecule has 1 aliphatic heterocycles. The Morgan fingerprint density at radius 3 is 3.06 bits per heavy atom. The number of hydrogen-bond donors (Lipinski definition) is 1. The van der Waals surface area contributed by atoms with Crippen LogP contribution in [0.25, 0.3) is 0 Å². The van der Waals surface area contributed by atoms with Gasteiger partial charge in [0, 0.05) is 23.2 Å². The molecule has 1 heterocycles. The van der Waals surface area contributed by atoms with Crippen molar-refractivity contribution in [3.05, 3.63) is 33.8 Å². The summed E-state index contributed by atoms with van der Waals surface area (Å²) in [5.74, 6) is 0. The molecule has 1 saturated heterocycles. The van der Waals surface area contributed by atoms with E-state index in [0.717, 1.165) is 19.4 Å². The van der Waals surface area contributed by atoms with E-state index in [0.29, 0.717) is 18.2 Å². The normalized spacial score (nSPS) is 31.3. The lowest BCUT2D eigenvalue weighted by Crippen LogP contribution is -2.39. The molecule has 1 aromatic carbocycles. The summed E-state index contributed by atoms with van der Waals surface area (Å²) in [6.45, 7) is 3.07. The number of benzene rings is 1. The van der Waals surface area contributed by atoms with Crippen LogP contribution in [0.4, 0.5) is 0 Å². The molecule has 3 rings (SSSR count). The van der Waals surface area contributed by atoms with Gasteiger partial charge >= 0.3 is 0 Å². The van der Waals surface area contributed by atoms with Crippen LogP contribution >= 0.6 is 15.9 Å². The molecule has 98 valence electrons. The molecule has 2 aliphatic rings. The molecule has 0 amide bonds. The molecule has 0 radical (unpaired) electrons. The van der Waals surface area contributed by atoms with Crippen molar-refractivity contribution in [1.29, 1.82) is 0 Å². The van der Waals surface area contributed by atoms with Crippen molar-refractivity contribution >= 4 is 15.9 Å². The fourth-order valence-corrected chi connectivity index (χ4v) is 3.80. The van der Waals surface area contributed by atoms with Crippen LogP contribution in [0.5, 0.6) is 0 Å². The van der Waals surface area contributed by atoms with E-state index in [1.54, 1.807) is 0 Å². The minimum Gasteiger partial charge on any atom is -0.378 e. The molecular weight excluding hydrogens is 290 g/mol. The Hall–Kier alpha value is -0.380. The van der Waals surface area contributed by atoms with E-state index in [4.69, 9.17) is 4.74 Å². The molecule has 3 atom stereocenters. The lowest BCUT2D eigenvalue weighted by Gasteiger charge is -2.30. The number of halogens is 1. The molecule has 3 heteroatoms. The maximum Gasteiger partial charge on any atom is 0.0561 e. The van der Waals surface area contributed by atoms with E-state index in [9.17, 15) is 0 Å². The second-order valence-corrected chi connectivity index (χ2v) is 6.32. The van der Waals surface area contributed by atoms with Gasteiger partial charge in [0.15, 0.2) is 0 Å². The van der Waals surface area contributed by atoms with Crippen LogP contribution in [0.1, 0.15) is 43.4 Å². The first-order valence-electron chi connectivity index (χ1n) is 6.89. The predicted octanol–water partition coefficient (Wildman–Crippen LogP) is 3.59. The number of rotatable bonds is 2. The highest BCUT2D eigenvalue weighted by Gasteiger charge is 2.27. The van der Waals surface area contributed by atoms with Crippen molar-refractivity contribution < 1.29 is 4.74 Å². The third-order valence-electron chi connectivity index (χ3n) is 4.14. The van der Waals surface area contributed by atoms with Crippen molar-refractivity contribution in [1.82, 2.24) is 5.32 Å². The van der Waals surface area contributed by atoms with Gasteiger partial charge in [0.2, 0.25) is 0 Å². The maximum atomic E-state index is 5.61. The minimum atomic E-state index is 0.402. The maximum absolute atomic E-state index is 5.61. The molecule has 0 spiro atoms. The fraction of sp³-hybridized carbons (Fsp3) is 0.600. The van der Waals surface area contributed by atoms with E-state index in [1.807, 2.05) is 0 Å². The van der Waals surface area contributed by atoms with E-state index < -0.39 is 0 Å². The molecule has 18 heavy (non-hydrogen) atoms. The molecule has 1 aromatic rings. The van der Waals surface area contributed by atoms with Crippen LogP contribution in [0.2, 0.25) is 0 Å². The first-order chi connectivity index (χ1) is 8.74. The highest BCUT2D eigenvalue weighted by atomic mass is 79.9. The fourth-order valence-electron chi connectivity index (χ4n) is 3.22. The van der Waals surface area contributed by atoms with Crippen molar-refractivity contribution in [2.45, 2.75) is 50.8 Å². The Morgan fingerprint density at radius 2 is 2.22 bits per heavy atom. The van der Waals surface area contributed by atoms with Gasteiger partial charge in [0.1, 0.15) is 0 Å². The van der Waals surface area contributed by atoms with Gasteiger partial charge in [-0.1, -0.05) is 28.1 Å². The standard InChI is InChI=1S/C15H20BrNO/c1-10-9-11(7-8-18-10)17-15-6-5-12-13(15)3-2-4-14(12)16/h2-4,10-11,15,17H,5-9H2,1H3. The van der Waals surface area contributed by atoms with Crippen molar-refractivity contribution in [3.63, 3.8) is 0 Å². The second-order valence-electron chi connectivity index (χ2n) is 5.47. The lowest BCUT2D eigenvalue weighted by molar-refractivity contribution is 0.0112. The Balaban J connectivity index is 1.71. The zero-order valence-corrected chi connectivity index (χ0v) is 12.4. The van der Waals surface area contributed by atoms with E-state index in [2.05, 4.69) is 46.4 Å². The van der Waals surface area contributed by atoms with E-state index >= 15 is 0 Å². The topological polar surface area (TPSA) is 21.3 Å². The summed E-state index contributed by atoms with van der Waals surface area (Å²) >= 11 is 3.66. The molecular formula is C15H20BrNO. The van der Waals surface area contributed by atoms with Crippen LogP contribution < -0.4 is 5.32 Å². The van der Waals surface area contributed by atoms with Crippen molar-refractivity contribution in [2.75, 3.05) is 6.61 Å². The molecule has 1 aliphatic carbocycles. The van der Waals surface area contributed by atoms with Gasteiger partial charge in [-0.25, -0.2) is 0 Å². The Bertz CT molecular complexity index is 435. The number of nitrogens with one attached hydrogen (secondary N) is 1. The third kappa shape index (κ3) is 2.49. The van der Waals surface area contributed by atoms with Crippen LogP contribution in [0.15, 0.2) is 22.7 Å². The summed E-state index contributed by atoms with van der Waals surface area (Å²) in [6, 6.07) is 7.72. The first-order valence-corrected chi connectivity index (χ1v) is 7.68. The van der Waals surface area contributed by atoms with Gasteiger partial charge in [-0.05, 0) is 49.8 Å². The number of ether oxygens (including phenoxy) is 1. The van der Waals surface area contributed by atoms with Crippen LogP contribution in [-0.2, 0) is 11.2 Å². The van der Waals surface area contributed by atoms with Crippen LogP contribution in [0, 0.1) is 0 Å². The minimum absolute atomic E-state index is 0.402. The van der Waals surface area contributed by atoms with Gasteiger partial charge in [-0.2, -0.15) is 0 Å². The molecule has 1 fully saturated rings. The quantitative estimate of drug-likeness (QED) is 0.901. The van der Waals surface area contributed by atoms with Crippen LogP contribution in [-0.4, -0.2) is 18.8 Å². The highest BCUT2D eigenvalue weighted by molar-refractivity contribution is 9.10. The first kappa shape index (κ1) is 12.6. The summed E-state index contributed by atoms with van der Waals surface area (Å²) in [7, 11) is 0. The van der Waals surface area contributed by atoms with E-state index in [-0.39, 0.29) is 0 Å². The average Bonchev–Trinajstić information content (AvgIpc) is 2.74. The summed E-state index contributed by atoms with van der Waals surface area (Å²) in [5.41, 5.74) is 2.98. The van der Waals surface area contributed by atoms with Crippen molar-refractivity contribution in [3.8, 4) is 0 Å². The zero-order chi connectivity index (χ0) is 12.5. The summed E-state index contributed by atoms with van der Waals surface area (Å²) in [4.78, 5) is 0. The predicted molar refractivity (Wildman–Crippen MR) is 76.8 cm³/mol. The molecule has 3 unspecified atom stereocenters. The molecule has 0 saturated carbocycles. The Morgan fingerprint density at radius 1 is 1.33 bits per heavy atom. The number of fused-ring (bicyclic) bond motifs is 1. The monoisotopic (exact) mass is 309 g/mol. The average molecular weight is 310 g/mol. The zero-order valence-electron chi connectivity index (χ0n) is 10.8.